The van der Waals surface area contributed by atoms with Crippen molar-refractivity contribution in [1.82, 2.24) is 0 Å². The van der Waals surface area contributed by atoms with E-state index in [2.05, 4.69) is 17.5 Å². The Morgan fingerprint density at radius 1 is 1.05 bits per heavy atom. The van der Waals surface area contributed by atoms with Crippen LogP contribution in [0.4, 0.5) is 23.2 Å². The highest BCUT2D eigenvalue weighted by atomic mass is 32.1. The molecule has 21 heavy (non-hydrogen) atoms. The molecular weight excluding hydrogens is 304 g/mol. The van der Waals surface area contributed by atoms with Gasteiger partial charge in [0.25, 0.3) is 0 Å². The topological polar surface area (TPSA) is 38.0 Å². The molecule has 0 aliphatic rings. The summed E-state index contributed by atoms with van der Waals surface area (Å²) in [5.41, 5.74) is 4.99. The van der Waals surface area contributed by atoms with Crippen molar-refractivity contribution < 1.29 is 17.6 Å². The minimum absolute atomic E-state index is 0.120. The summed E-state index contributed by atoms with van der Waals surface area (Å²) in [4.78, 5) is -0.262. The summed E-state index contributed by atoms with van der Waals surface area (Å²) in [5, 5.41) is 2.53. The van der Waals surface area contributed by atoms with Crippen LogP contribution in [0, 0.1) is 23.3 Å². The SMILES string of the molecule is NC(=S)c1ccc(NCc2ccc(F)cc2F)c(F)c1F. The number of hydrogen-bond acceptors (Lipinski definition) is 2. The Balaban J connectivity index is 2.21. The minimum atomic E-state index is -1.17. The predicted octanol–water partition coefficient (Wildman–Crippen LogP) is 3.49. The first kappa shape index (κ1) is 15.2. The molecule has 0 aromatic heterocycles. The summed E-state index contributed by atoms with van der Waals surface area (Å²) in [5.74, 6) is -3.83. The minimum Gasteiger partial charge on any atom is -0.389 e. The first-order valence-electron chi connectivity index (χ1n) is 5.85. The molecule has 0 fully saturated rings. The molecule has 0 unspecified atom stereocenters. The number of anilines is 1. The first-order valence-corrected chi connectivity index (χ1v) is 6.26. The molecule has 0 aliphatic heterocycles. The van der Waals surface area contributed by atoms with Crippen LogP contribution in [0.3, 0.4) is 0 Å². The summed E-state index contributed by atoms with van der Waals surface area (Å²) in [6, 6.07) is 5.48. The molecule has 0 saturated heterocycles. The van der Waals surface area contributed by atoms with Crippen molar-refractivity contribution in [3.8, 4) is 0 Å². The van der Waals surface area contributed by atoms with Gasteiger partial charge in [-0.1, -0.05) is 18.3 Å². The molecule has 0 heterocycles. The fraction of sp³-hybridized carbons (Fsp3) is 0.0714. The predicted molar refractivity (Wildman–Crippen MR) is 75.9 cm³/mol. The van der Waals surface area contributed by atoms with Crippen LogP contribution < -0.4 is 11.1 Å². The maximum absolute atomic E-state index is 13.8. The van der Waals surface area contributed by atoms with Gasteiger partial charge in [0, 0.05) is 23.7 Å². The molecule has 0 atom stereocenters. The van der Waals surface area contributed by atoms with Gasteiger partial charge in [0.2, 0.25) is 0 Å². The maximum atomic E-state index is 13.8. The Bertz CT molecular complexity index is 704. The van der Waals surface area contributed by atoms with Gasteiger partial charge in [0.1, 0.15) is 16.6 Å². The van der Waals surface area contributed by atoms with Gasteiger partial charge in [-0.2, -0.15) is 0 Å². The standard InChI is InChI=1S/C14H10F4N2S/c15-8-2-1-7(10(16)5-8)6-20-11-4-3-9(14(19)21)12(17)13(11)18/h1-5,20H,6H2,(H2,19,21). The Kier molecular flexibility index (Phi) is 4.42. The van der Waals surface area contributed by atoms with Crippen LogP contribution in [-0.4, -0.2) is 4.99 Å². The fourth-order valence-corrected chi connectivity index (χ4v) is 1.89. The van der Waals surface area contributed by atoms with Gasteiger partial charge in [-0.25, -0.2) is 17.6 Å². The number of nitrogens with one attached hydrogen (secondary N) is 1. The molecule has 2 aromatic rings. The van der Waals surface area contributed by atoms with Gasteiger partial charge >= 0.3 is 0 Å². The summed E-state index contributed by atoms with van der Waals surface area (Å²) in [6.45, 7) is -0.130. The lowest BCUT2D eigenvalue weighted by Gasteiger charge is -2.11. The third kappa shape index (κ3) is 3.30. The van der Waals surface area contributed by atoms with Gasteiger partial charge < -0.3 is 11.1 Å². The van der Waals surface area contributed by atoms with E-state index in [1.54, 1.807) is 0 Å². The lowest BCUT2D eigenvalue weighted by molar-refractivity contribution is 0.509. The maximum Gasteiger partial charge on any atom is 0.182 e. The monoisotopic (exact) mass is 314 g/mol. The van der Waals surface area contributed by atoms with Gasteiger partial charge in [0.05, 0.1) is 5.69 Å². The zero-order chi connectivity index (χ0) is 15.6. The summed E-state index contributed by atoms with van der Waals surface area (Å²) < 4.78 is 53.6. The molecular formula is C14H10F4N2S. The second kappa shape index (κ2) is 6.09. The number of halogens is 4. The number of rotatable bonds is 4. The molecule has 0 bridgehead atoms. The molecule has 3 N–H and O–H groups in total. The van der Waals surface area contributed by atoms with Crippen LogP contribution in [0.1, 0.15) is 11.1 Å². The van der Waals surface area contributed by atoms with Gasteiger partial charge in [-0.15, -0.1) is 0 Å². The van der Waals surface area contributed by atoms with E-state index in [0.717, 1.165) is 6.07 Å². The lowest BCUT2D eigenvalue weighted by Crippen LogP contribution is -2.14. The largest absolute Gasteiger partial charge is 0.389 e. The van der Waals surface area contributed by atoms with Gasteiger partial charge in [-0.05, 0) is 18.2 Å². The summed E-state index contributed by atoms with van der Waals surface area (Å²) in [7, 11) is 0. The Labute approximate surface area is 123 Å². The quantitative estimate of drug-likeness (QED) is 0.670. The van der Waals surface area contributed by atoms with Crippen molar-refractivity contribution in [3.63, 3.8) is 0 Å². The highest BCUT2D eigenvalue weighted by Gasteiger charge is 2.15. The smallest absolute Gasteiger partial charge is 0.182 e. The van der Waals surface area contributed by atoms with Gasteiger partial charge in [0.15, 0.2) is 11.6 Å². The molecule has 0 aliphatic carbocycles. The third-order valence-electron chi connectivity index (χ3n) is 2.83. The second-order valence-electron chi connectivity index (χ2n) is 4.24. The molecule has 0 saturated carbocycles. The van der Waals surface area contributed by atoms with Crippen LogP contribution in [-0.2, 0) is 6.54 Å². The van der Waals surface area contributed by atoms with E-state index in [1.807, 2.05) is 0 Å². The zero-order valence-corrected chi connectivity index (χ0v) is 11.4. The number of hydrogen-bond donors (Lipinski definition) is 2. The average Bonchev–Trinajstić information content (AvgIpc) is 2.41. The highest BCUT2D eigenvalue weighted by molar-refractivity contribution is 7.80. The van der Waals surface area contributed by atoms with E-state index in [9.17, 15) is 17.6 Å². The summed E-state index contributed by atoms with van der Waals surface area (Å²) >= 11 is 4.59. The van der Waals surface area contributed by atoms with Crippen molar-refractivity contribution >= 4 is 22.9 Å². The van der Waals surface area contributed by atoms with Crippen molar-refractivity contribution in [2.45, 2.75) is 6.54 Å². The normalized spacial score (nSPS) is 10.5. The molecule has 7 heteroatoms. The molecule has 2 rings (SSSR count). The summed E-state index contributed by atoms with van der Waals surface area (Å²) in [6.07, 6.45) is 0. The zero-order valence-electron chi connectivity index (χ0n) is 10.6. The van der Waals surface area contributed by atoms with Crippen LogP contribution in [0.2, 0.25) is 0 Å². The lowest BCUT2D eigenvalue weighted by atomic mass is 10.1. The van der Waals surface area contributed by atoms with Crippen LogP contribution >= 0.6 is 12.2 Å². The molecule has 0 amide bonds. The Morgan fingerprint density at radius 2 is 1.76 bits per heavy atom. The Morgan fingerprint density at radius 3 is 2.38 bits per heavy atom. The number of thiocarbonyl (C=S) groups is 1. The van der Waals surface area contributed by atoms with Crippen LogP contribution in [0.15, 0.2) is 30.3 Å². The van der Waals surface area contributed by atoms with Crippen LogP contribution in [0.25, 0.3) is 0 Å². The first-order chi connectivity index (χ1) is 9.90. The number of nitrogens with two attached hydrogens (primary N) is 1. The van der Waals surface area contributed by atoms with Crippen molar-refractivity contribution in [3.05, 3.63) is 64.7 Å². The van der Waals surface area contributed by atoms with E-state index < -0.39 is 23.3 Å². The van der Waals surface area contributed by atoms with E-state index in [-0.39, 0.29) is 28.3 Å². The van der Waals surface area contributed by atoms with E-state index in [0.29, 0.717) is 6.07 Å². The second-order valence-corrected chi connectivity index (χ2v) is 4.68. The number of benzene rings is 2. The Hall–Kier alpha value is -2.15. The average molecular weight is 314 g/mol. The highest BCUT2D eigenvalue weighted by Crippen LogP contribution is 2.22. The molecule has 110 valence electrons. The van der Waals surface area contributed by atoms with Crippen molar-refractivity contribution in [1.29, 1.82) is 0 Å². The van der Waals surface area contributed by atoms with E-state index >= 15 is 0 Å². The third-order valence-corrected chi connectivity index (χ3v) is 3.05. The van der Waals surface area contributed by atoms with Crippen molar-refractivity contribution in [2.75, 3.05) is 5.32 Å². The molecule has 0 radical (unpaired) electrons. The van der Waals surface area contributed by atoms with E-state index in [1.165, 1.54) is 18.2 Å². The fourth-order valence-electron chi connectivity index (χ4n) is 1.73. The molecule has 0 spiro atoms. The molecule has 2 aromatic carbocycles. The molecule has 2 nitrogen and oxygen atoms in total. The van der Waals surface area contributed by atoms with Crippen LogP contribution in [0.5, 0.6) is 0 Å². The van der Waals surface area contributed by atoms with Crippen molar-refractivity contribution in [2.24, 2.45) is 5.73 Å². The van der Waals surface area contributed by atoms with Gasteiger partial charge in [-0.3, -0.25) is 0 Å². The van der Waals surface area contributed by atoms with E-state index in [4.69, 9.17) is 5.73 Å².